The van der Waals surface area contributed by atoms with Crippen molar-refractivity contribution in [2.24, 2.45) is 0 Å². The Morgan fingerprint density at radius 3 is 2.53 bits per heavy atom. The number of rotatable bonds is 6. The molecule has 1 fully saturated rings. The van der Waals surface area contributed by atoms with Gasteiger partial charge in [0, 0.05) is 47.2 Å². The highest BCUT2D eigenvalue weighted by Crippen LogP contribution is 2.35. The normalized spacial score (nSPS) is 14.4. The lowest BCUT2D eigenvalue weighted by atomic mass is 9.96. The van der Waals surface area contributed by atoms with Gasteiger partial charge in [-0.05, 0) is 61.0 Å². The quantitative estimate of drug-likeness (QED) is 0.314. The van der Waals surface area contributed by atoms with Gasteiger partial charge in [0.15, 0.2) is 5.82 Å². The molecule has 0 radical (unpaired) electrons. The van der Waals surface area contributed by atoms with E-state index in [0.29, 0.717) is 33.5 Å². The zero-order valence-electron chi connectivity index (χ0n) is 20.3. The summed E-state index contributed by atoms with van der Waals surface area (Å²) in [5.74, 6) is -0.632. The molecule has 1 unspecified atom stereocenters. The maximum atomic E-state index is 13.0. The third-order valence-electron chi connectivity index (χ3n) is 6.32. The van der Waals surface area contributed by atoms with Crippen LogP contribution in [0, 0.1) is 11.3 Å². The zero-order chi connectivity index (χ0) is 26.5. The topological polar surface area (TPSA) is 140 Å². The summed E-state index contributed by atoms with van der Waals surface area (Å²) in [7, 11) is 0. The fraction of sp³-hybridized carbons (Fsp3) is 0.138. The van der Waals surface area contributed by atoms with Gasteiger partial charge in [-0.15, -0.1) is 0 Å². The molecule has 0 bridgehead atoms. The third-order valence-corrected chi connectivity index (χ3v) is 6.32. The fourth-order valence-electron chi connectivity index (χ4n) is 4.36. The van der Waals surface area contributed by atoms with Crippen LogP contribution in [0.2, 0.25) is 0 Å². The number of carbonyl (C=O) groups is 2. The Kier molecular flexibility index (Phi) is 7.06. The highest BCUT2D eigenvalue weighted by Gasteiger charge is 2.21. The Hall–Kier alpha value is -5.07. The summed E-state index contributed by atoms with van der Waals surface area (Å²) in [4.78, 5) is 34.4. The summed E-state index contributed by atoms with van der Waals surface area (Å²) >= 11 is 0. The lowest BCUT2D eigenvalue weighted by Crippen LogP contribution is -2.36. The van der Waals surface area contributed by atoms with E-state index in [9.17, 15) is 20.0 Å². The van der Waals surface area contributed by atoms with Crippen molar-refractivity contribution in [2.75, 3.05) is 18.4 Å². The van der Waals surface area contributed by atoms with Gasteiger partial charge in [-0.3, -0.25) is 14.6 Å². The molecule has 38 heavy (non-hydrogen) atoms. The van der Waals surface area contributed by atoms with Crippen LogP contribution in [0.1, 0.15) is 32.7 Å². The van der Waals surface area contributed by atoms with Gasteiger partial charge in [0.25, 0.3) is 11.8 Å². The predicted octanol–water partition coefficient (Wildman–Crippen LogP) is 3.73. The fourth-order valence-corrected chi connectivity index (χ4v) is 4.36. The monoisotopic (exact) mass is 504 g/mol. The van der Waals surface area contributed by atoms with Gasteiger partial charge in [0.1, 0.15) is 17.4 Å². The molecule has 1 aliphatic heterocycles. The molecule has 1 aliphatic rings. The average Bonchev–Trinajstić information content (AvgIpc) is 3.46. The molecule has 3 heterocycles. The van der Waals surface area contributed by atoms with Gasteiger partial charge >= 0.3 is 0 Å². The summed E-state index contributed by atoms with van der Waals surface area (Å²) in [6, 6.07) is 20.6. The van der Waals surface area contributed by atoms with Crippen molar-refractivity contribution in [1.82, 2.24) is 20.6 Å². The van der Waals surface area contributed by atoms with E-state index in [1.807, 2.05) is 0 Å². The molecule has 2 amide bonds. The number of phenols is 1. The first kappa shape index (κ1) is 24.6. The number of hydrogen-bond acceptors (Lipinski definition) is 7. The second kappa shape index (κ2) is 10.9. The molecule has 4 N–H and O–H groups in total. The number of para-hydroxylation sites is 1. The maximum absolute atomic E-state index is 13.0. The predicted molar refractivity (Wildman–Crippen MR) is 142 cm³/mol. The second-order valence-electron chi connectivity index (χ2n) is 8.84. The molecule has 4 aromatic rings. The molecule has 1 atom stereocenters. The van der Waals surface area contributed by atoms with Crippen molar-refractivity contribution in [2.45, 2.75) is 12.5 Å². The van der Waals surface area contributed by atoms with E-state index in [0.717, 1.165) is 19.5 Å². The highest BCUT2D eigenvalue weighted by molar-refractivity contribution is 6.05. The Bertz CT molecular complexity index is 1540. The molecule has 2 aromatic heterocycles. The van der Waals surface area contributed by atoms with Crippen LogP contribution in [0.15, 0.2) is 79.1 Å². The number of aromatic hydroxyl groups is 1. The van der Waals surface area contributed by atoms with Gasteiger partial charge < -0.3 is 21.1 Å². The van der Waals surface area contributed by atoms with Crippen molar-refractivity contribution in [3.8, 4) is 34.2 Å². The molecule has 0 aliphatic carbocycles. The summed E-state index contributed by atoms with van der Waals surface area (Å²) in [5.41, 5.74) is 2.76. The van der Waals surface area contributed by atoms with E-state index >= 15 is 0 Å². The largest absolute Gasteiger partial charge is 0.507 e. The summed E-state index contributed by atoms with van der Waals surface area (Å²) in [6.45, 7) is 1.58. The molecule has 188 valence electrons. The number of nitriles is 1. The van der Waals surface area contributed by atoms with Crippen molar-refractivity contribution in [1.29, 1.82) is 5.26 Å². The van der Waals surface area contributed by atoms with Crippen LogP contribution in [0.4, 0.5) is 5.82 Å². The van der Waals surface area contributed by atoms with E-state index in [1.165, 1.54) is 18.5 Å². The number of nitrogens with zero attached hydrogens (tertiary/aromatic N) is 3. The number of amides is 2. The van der Waals surface area contributed by atoms with Crippen molar-refractivity contribution >= 4 is 17.6 Å². The van der Waals surface area contributed by atoms with E-state index in [2.05, 4.69) is 32.0 Å². The van der Waals surface area contributed by atoms with E-state index < -0.39 is 5.91 Å². The number of carbonyl (C=O) groups excluding carboxylic acids is 2. The van der Waals surface area contributed by atoms with Gasteiger partial charge in [0.2, 0.25) is 0 Å². The highest BCUT2D eigenvalue weighted by atomic mass is 16.3. The second-order valence-corrected chi connectivity index (χ2v) is 8.84. The first-order chi connectivity index (χ1) is 18.5. The van der Waals surface area contributed by atoms with Crippen LogP contribution >= 0.6 is 0 Å². The number of anilines is 1. The van der Waals surface area contributed by atoms with E-state index in [1.54, 1.807) is 60.7 Å². The van der Waals surface area contributed by atoms with E-state index in [4.69, 9.17) is 0 Å². The van der Waals surface area contributed by atoms with Crippen molar-refractivity contribution < 1.29 is 14.7 Å². The smallest absolute Gasteiger partial charge is 0.256 e. The van der Waals surface area contributed by atoms with Crippen LogP contribution < -0.4 is 16.0 Å². The molecular formula is C29H24N6O3. The first-order valence-electron chi connectivity index (χ1n) is 12.1. The number of benzene rings is 2. The average molecular weight is 505 g/mol. The van der Waals surface area contributed by atoms with Gasteiger partial charge in [0.05, 0.1) is 5.69 Å². The first-order valence-corrected chi connectivity index (χ1v) is 12.1. The van der Waals surface area contributed by atoms with Crippen LogP contribution in [-0.4, -0.2) is 46.0 Å². The molecule has 9 nitrogen and oxygen atoms in total. The Labute approximate surface area is 219 Å². The molecule has 0 spiro atoms. The summed E-state index contributed by atoms with van der Waals surface area (Å²) in [5, 5.41) is 29.6. The Morgan fingerprint density at radius 2 is 1.79 bits per heavy atom. The molecule has 0 saturated carbocycles. The van der Waals surface area contributed by atoms with Gasteiger partial charge in [-0.1, -0.05) is 24.3 Å². The van der Waals surface area contributed by atoms with Crippen LogP contribution in [-0.2, 0) is 0 Å². The zero-order valence-corrected chi connectivity index (χ0v) is 20.3. The lowest BCUT2D eigenvalue weighted by molar-refractivity contribution is 0.0939. The van der Waals surface area contributed by atoms with Crippen LogP contribution in [0.25, 0.3) is 22.4 Å². The van der Waals surface area contributed by atoms with E-state index in [-0.39, 0.29) is 29.1 Å². The van der Waals surface area contributed by atoms with Gasteiger partial charge in [-0.2, -0.15) is 5.26 Å². The Balaban J connectivity index is 1.60. The minimum atomic E-state index is -0.463. The molecule has 2 aromatic carbocycles. The molecule has 9 heteroatoms. The number of phenolic OH excluding ortho intramolecular Hbond substituents is 1. The van der Waals surface area contributed by atoms with Crippen LogP contribution in [0.3, 0.4) is 0 Å². The number of hydrogen-bond donors (Lipinski definition) is 4. The summed E-state index contributed by atoms with van der Waals surface area (Å²) in [6.07, 6.45) is 3.85. The number of pyridine rings is 2. The maximum Gasteiger partial charge on any atom is 0.256 e. The molecule has 1 saturated heterocycles. The summed E-state index contributed by atoms with van der Waals surface area (Å²) < 4.78 is 0. The minimum absolute atomic E-state index is 0.000342. The number of nitrogens with one attached hydrogen (secondary N) is 3. The van der Waals surface area contributed by atoms with Crippen molar-refractivity contribution in [3.05, 3.63) is 95.8 Å². The molecule has 5 rings (SSSR count). The standard InChI is InChI=1S/C29H24N6O3/c30-16-24-23(19-4-3-5-20(14-19)29(38)33-21-10-13-32-17-21)15-25(22-6-1-2-7-26(22)36)34-27(24)35-28(37)18-8-11-31-12-9-18/h1-9,11-12,14-15,21,32,36H,10,13,17H2,(H,33,38)(H,34,35,37). The third kappa shape index (κ3) is 5.21. The molecular weight excluding hydrogens is 480 g/mol. The lowest BCUT2D eigenvalue weighted by Gasteiger charge is -2.15. The van der Waals surface area contributed by atoms with Crippen molar-refractivity contribution in [3.63, 3.8) is 0 Å². The SMILES string of the molecule is N#Cc1c(-c2cccc(C(=O)NC3CCNC3)c2)cc(-c2ccccc2O)nc1NC(=O)c1ccncc1. The van der Waals surface area contributed by atoms with Crippen LogP contribution in [0.5, 0.6) is 5.75 Å². The van der Waals surface area contributed by atoms with Gasteiger partial charge in [-0.25, -0.2) is 4.98 Å². The minimum Gasteiger partial charge on any atom is -0.507 e. The Morgan fingerprint density at radius 1 is 0.974 bits per heavy atom. The number of aromatic nitrogens is 2.